The number of ether oxygens (including phenoxy) is 1. The second-order valence-electron chi connectivity index (χ2n) is 3.81. The lowest BCUT2D eigenvalue weighted by Gasteiger charge is -2.14. The van der Waals surface area contributed by atoms with Gasteiger partial charge in [0.2, 0.25) is 0 Å². The van der Waals surface area contributed by atoms with Gasteiger partial charge in [-0.25, -0.2) is 4.39 Å². The van der Waals surface area contributed by atoms with E-state index in [1.165, 1.54) is 6.07 Å². The van der Waals surface area contributed by atoms with Gasteiger partial charge in [-0.3, -0.25) is 0 Å². The lowest BCUT2D eigenvalue weighted by atomic mass is 9.98. The van der Waals surface area contributed by atoms with Gasteiger partial charge in [-0.15, -0.1) is 11.6 Å². The number of rotatable bonds is 7. The van der Waals surface area contributed by atoms with Gasteiger partial charge >= 0.3 is 0 Å². The van der Waals surface area contributed by atoms with Crippen LogP contribution >= 0.6 is 11.6 Å². The Morgan fingerprint density at radius 3 is 2.81 bits per heavy atom. The van der Waals surface area contributed by atoms with Gasteiger partial charge in [0.25, 0.3) is 0 Å². The van der Waals surface area contributed by atoms with Crippen molar-refractivity contribution in [2.75, 3.05) is 19.1 Å². The molecule has 0 heterocycles. The summed E-state index contributed by atoms with van der Waals surface area (Å²) in [6.45, 7) is 3.53. The van der Waals surface area contributed by atoms with Gasteiger partial charge in [-0.2, -0.15) is 0 Å². The number of benzene rings is 1. The first-order chi connectivity index (χ1) is 7.77. The van der Waals surface area contributed by atoms with Crippen molar-refractivity contribution in [2.24, 2.45) is 0 Å². The average molecular weight is 245 g/mol. The fraction of sp³-hybridized carbons (Fsp3) is 0.538. The lowest BCUT2D eigenvalue weighted by Crippen LogP contribution is -2.06. The van der Waals surface area contributed by atoms with Crippen LogP contribution in [0, 0.1) is 5.82 Å². The molecular formula is C13H18ClFO. The molecule has 1 nitrogen and oxygen atoms in total. The maximum Gasteiger partial charge on any atom is 0.123 e. The molecule has 0 bridgehead atoms. The zero-order valence-corrected chi connectivity index (χ0v) is 10.3. The molecule has 0 aliphatic heterocycles. The zero-order valence-electron chi connectivity index (χ0n) is 9.59. The van der Waals surface area contributed by atoms with Crippen LogP contribution in [0.1, 0.15) is 31.2 Å². The van der Waals surface area contributed by atoms with E-state index >= 15 is 0 Å². The minimum absolute atomic E-state index is 0.175. The molecule has 0 amide bonds. The molecule has 1 unspecified atom stereocenters. The second-order valence-corrected chi connectivity index (χ2v) is 4.12. The minimum Gasteiger partial charge on any atom is -0.381 e. The SMILES string of the molecule is CCCOCCC(CCl)c1cccc(F)c1. The molecule has 1 aromatic rings. The molecule has 1 aromatic carbocycles. The third kappa shape index (κ3) is 4.50. The van der Waals surface area contributed by atoms with E-state index in [1.54, 1.807) is 12.1 Å². The van der Waals surface area contributed by atoms with Gasteiger partial charge in [0.1, 0.15) is 5.82 Å². The summed E-state index contributed by atoms with van der Waals surface area (Å²) in [7, 11) is 0. The van der Waals surface area contributed by atoms with Crippen molar-refractivity contribution in [3.8, 4) is 0 Å². The monoisotopic (exact) mass is 244 g/mol. The third-order valence-electron chi connectivity index (χ3n) is 2.47. The molecule has 0 fully saturated rings. The van der Waals surface area contributed by atoms with Gasteiger partial charge in [0, 0.05) is 19.1 Å². The predicted octanol–water partition coefficient (Wildman–Crippen LogP) is 3.96. The van der Waals surface area contributed by atoms with Gasteiger partial charge in [-0.05, 0) is 36.5 Å². The Kier molecular flexibility index (Phi) is 6.43. The topological polar surface area (TPSA) is 9.23 Å². The Morgan fingerprint density at radius 2 is 2.19 bits per heavy atom. The van der Waals surface area contributed by atoms with E-state index in [0.29, 0.717) is 12.5 Å². The van der Waals surface area contributed by atoms with Crippen LogP contribution in [0.5, 0.6) is 0 Å². The number of hydrogen-bond acceptors (Lipinski definition) is 1. The van der Waals surface area contributed by atoms with E-state index in [1.807, 2.05) is 6.07 Å². The highest BCUT2D eigenvalue weighted by Crippen LogP contribution is 2.21. The molecule has 0 radical (unpaired) electrons. The fourth-order valence-corrected chi connectivity index (χ4v) is 1.90. The molecule has 90 valence electrons. The van der Waals surface area contributed by atoms with Crippen LogP contribution in [0.2, 0.25) is 0 Å². The largest absolute Gasteiger partial charge is 0.381 e. The molecule has 0 aliphatic rings. The lowest BCUT2D eigenvalue weighted by molar-refractivity contribution is 0.128. The normalized spacial score (nSPS) is 12.7. The number of hydrogen-bond donors (Lipinski definition) is 0. The standard InChI is InChI=1S/C13H18ClFO/c1-2-7-16-8-6-12(10-14)11-4-3-5-13(15)9-11/h3-5,9,12H,2,6-8,10H2,1H3. The summed E-state index contributed by atoms with van der Waals surface area (Å²) in [4.78, 5) is 0. The smallest absolute Gasteiger partial charge is 0.123 e. The molecule has 0 saturated carbocycles. The quantitative estimate of drug-likeness (QED) is 0.521. The first-order valence-corrected chi connectivity index (χ1v) is 6.20. The summed E-state index contributed by atoms with van der Waals surface area (Å²) in [6, 6.07) is 6.63. The summed E-state index contributed by atoms with van der Waals surface area (Å²) in [5, 5.41) is 0. The van der Waals surface area contributed by atoms with E-state index in [0.717, 1.165) is 25.0 Å². The zero-order chi connectivity index (χ0) is 11.8. The van der Waals surface area contributed by atoms with Gasteiger partial charge in [0.05, 0.1) is 0 Å². The predicted molar refractivity (Wildman–Crippen MR) is 65.6 cm³/mol. The Morgan fingerprint density at radius 1 is 1.38 bits per heavy atom. The highest BCUT2D eigenvalue weighted by molar-refractivity contribution is 6.18. The maximum absolute atomic E-state index is 13.0. The van der Waals surface area contributed by atoms with Crippen molar-refractivity contribution >= 4 is 11.6 Å². The minimum atomic E-state index is -0.206. The van der Waals surface area contributed by atoms with Crippen LogP contribution in [0.4, 0.5) is 4.39 Å². The highest BCUT2D eigenvalue weighted by Gasteiger charge is 2.10. The molecule has 0 spiro atoms. The van der Waals surface area contributed by atoms with Crippen molar-refractivity contribution in [3.05, 3.63) is 35.6 Å². The molecule has 0 saturated heterocycles. The van der Waals surface area contributed by atoms with Crippen molar-refractivity contribution in [3.63, 3.8) is 0 Å². The highest BCUT2D eigenvalue weighted by atomic mass is 35.5. The van der Waals surface area contributed by atoms with E-state index in [9.17, 15) is 4.39 Å². The number of halogens is 2. The Hall–Kier alpha value is -0.600. The molecule has 1 atom stereocenters. The van der Waals surface area contributed by atoms with Crippen LogP contribution in [0.15, 0.2) is 24.3 Å². The number of alkyl halides is 1. The van der Waals surface area contributed by atoms with Crippen LogP contribution in [-0.4, -0.2) is 19.1 Å². The molecule has 0 aliphatic carbocycles. The molecule has 0 N–H and O–H groups in total. The van der Waals surface area contributed by atoms with E-state index in [4.69, 9.17) is 16.3 Å². The summed E-state index contributed by atoms with van der Waals surface area (Å²) in [5.41, 5.74) is 0.954. The Balaban J connectivity index is 2.47. The van der Waals surface area contributed by atoms with Crippen LogP contribution < -0.4 is 0 Å². The molecule has 16 heavy (non-hydrogen) atoms. The van der Waals surface area contributed by atoms with Crippen LogP contribution in [-0.2, 0) is 4.74 Å². The van der Waals surface area contributed by atoms with Crippen LogP contribution in [0.25, 0.3) is 0 Å². The first-order valence-electron chi connectivity index (χ1n) is 5.67. The van der Waals surface area contributed by atoms with Crippen molar-refractivity contribution in [2.45, 2.75) is 25.7 Å². The summed E-state index contributed by atoms with van der Waals surface area (Å²) in [5.74, 6) is 0.468. The third-order valence-corrected chi connectivity index (χ3v) is 2.84. The van der Waals surface area contributed by atoms with E-state index in [2.05, 4.69) is 6.92 Å². The summed E-state index contributed by atoms with van der Waals surface area (Å²) in [6.07, 6.45) is 1.86. The van der Waals surface area contributed by atoms with Crippen molar-refractivity contribution in [1.82, 2.24) is 0 Å². The van der Waals surface area contributed by atoms with Crippen molar-refractivity contribution < 1.29 is 9.13 Å². The van der Waals surface area contributed by atoms with Crippen molar-refractivity contribution in [1.29, 1.82) is 0 Å². The van der Waals surface area contributed by atoms with Gasteiger partial charge < -0.3 is 4.74 Å². The second kappa shape index (κ2) is 7.64. The summed E-state index contributed by atoms with van der Waals surface area (Å²) < 4.78 is 18.4. The van der Waals surface area contributed by atoms with E-state index in [-0.39, 0.29) is 11.7 Å². The average Bonchev–Trinajstić information content (AvgIpc) is 2.29. The maximum atomic E-state index is 13.0. The molecule has 0 aromatic heterocycles. The summed E-state index contributed by atoms with van der Waals surface area (Å²) >= 11 is 5.89. The Bertz CT molecular complexity index is 304. The Labute approximate surface area is 102 Å². The van der Waals surface area contributed by atoms with E-state index < -0.39 is 0 Å². The fourth-order valence-electron chi connectivity index (χ4n) is 1.57. The van der Waals surface area contributed by atoms with Gasteiger partial charge in [0.15, 0.2) is 0 Å². The molecule has 3 heteroatoms. The first kappa shape index (κ1) is 13.5. The van der Waals surface area contributed by atoms with Gasteiger partial charge in [-0.1, -0.05) is 19.1 Å². The molecular weight excluding hydrogens is 227 g/mol. The molecule has 1 rings (SSSR count). The van der Waals surface area contributed by atoms with Crippen LogP contribution in [0.3, 0.4) is 0 Å².